The van der Waals surface area contributed by atoms with Crippen LogP contribution in [0.25, 0.3) is 11.4 Å². The zero-order valence-corrected chi connectivity index (χ0v) is 10.6. The van der Waals surface area contributed by atoms with E-state index in [1.54, 1.807) is 45.8 Å². The second-order valence-electron chi connectivity index (χ2n) is 4.33. The monoisotopic (exact) mass is 264 g/mol. The van der Waals surface area contributed by atoms with Crippen LogP contribution >= 0.6 is 0 Å². The van der Waals surface area contributed by atoms with Crippen molar-refractivity contribution in [2.75, 3.05) is 0 Å². The number of nitrogens with zero attached hydrogens (tertiary/aromatic N) is 2. The van der Waals surface area contributed by atoms with E-state index >= 15 is 0 Å². The normalized spacial score (nSPS) is 10.4. The predicted octanol–water partition coefficient (Wildman–Crippen LogP) is 1.99. The average molecular weight is 264 g/mol. The van der Waals surface area contributed by atoms with Gasteiger partial charge in [0.15, 0.2) is 0 Å². The Balaban J connectivity index is 2.05. The van der Waals surface area contributed by atoms with Crippen molar-refractivity contribution in [1.29, 1.82) is 0 Å². The van der Waals surface area contributed by atoms with Gasteiger partial charge in [0.1, 0.15) is 0 Å². The molecule has 0 spiro atoms. The molecule has 3 aromatic rings. The highest BCUT2D eigenvalue weighted by molar-refractivity contribution is 5.41. The van der Waals surface area contributed by atoms with Gasteiger partial charge in [0.25, 0.3) is 11.1 Å². The van der Waals surface area contributed by atoms with Crippen LogP contribution < -0.4 is 11.1 Å². The van der Waals surface area contributed by atoms with Crippen LogP contribution in [0.4, 0.5) is 0 Å². The fraction of sp³-hybridized carbons (Fsp3) is 0. The molecule has 0 radical (unpaired) electrons. The van der Waals surface area contributed by atoms with E-state index in [-0.39, 0.29) is 11.1 Å². The van der Waals surface area contributed by atoms with Crippen LogP contribution in [0.5, 0.6) is 0 Å². The van der Waals surface area contributed by atoms with Crippen LogP contribution in [0, 0.1) is 0 Å². The maximum atomic E-state index is 11.7. The van der Waals surface area contributed by atoms with E-state index in [0.717, 1.165) is 11.4 Å². The van der Waals surface area contributed by atoms with Crippen molar-refractivity contribution in [3.8, 4) is 11.4 Å². The lowest BCUT2D eigenvalue weighted by atomic mass is 10.2. The standard InChI is InChI=1S/C16H12N2O2/c19-15-5-1-3-11-17(15)13-7-9-14(10-8-13)18-12-4-2-6-16(18)20/h1-12H. The van der Waals surface area contributed by atoms with Gasteiger partial charge in [-0.2, -0.15) is 0 Å². The Hall–Kier alpha value is -2.88. The van der Waals surface area contributed by atoms with Crippen molar-refractivity contribution in [3.63, 3.8) is 0 Å². The molecule has 3 rings (SSSR count). The van der Waals surface area contributed by atoms with E-state index in [1.807, 2.05) is 24.3 Å². The van der Waals surface area contributed by atoms with Crippen LogP contribution in [0.3, 0.4) is 0 Å². The molecule has 0 N–H and O–H groups in total. The summed E-state index contributed by atoms with van der Waals surface area (Å²) in [6.07, 6.45) is 3.43. The highest BCUT2D eigenvalue weighted by atomic mass is 16.1. The highest BCUT2D eigenvalue weighted by Gasteiger charge is 2.01. The predicted molar refractivity (Wildman–Crippen MR) is 77.6 cm³/mol. The summed E-state index contributed by atoms with van der Waals surface area (Å²) in [5.74, 6) is 0. The van der Waals surface area contributed by atoms with E-state index < -0.39 is 0 Å². The smallest absolute Gasteiger partial charge is 0.255 e. The lowest BCUT2D eigenvalue weighted by Crippen LogP contribution is -2.17. The second-order valence-corrected chi connectivity index (χ2v) is 4.33. The minimum absolute atomic E-state index is 0.0860. The maximum Gasteiger partial charge on any atom is 0.255 e. The Morgan fingerprint density at radius 1 is 0.550 bits per heavy atom. The molecule has 0 bridgehead atoms. The lowest BCUT2D eigenvalue weighted by molar-refractivity contribution is 0.969. The van der Waals surface area contributed by atoms with Gasteiger partial charge in [0.2, 0.25) is 0 Å². The molecule has 20 heavy (non-hydrogen) atoms. The molecule has 0 atom stereocenters. The SMILES string of the molecule is O=c1ccccn1-c1ccc(-n2ccccc2=O)cc1. The highest BCUT2D eigenvalue weighted by Crippen LogP contribution is 2.10. The Morgan fingerprint density at radius 2 is 0.950 bits per heavy atom. The van der Waals surface area contributed by atoms with Crippen LogP contribution in [0.1, 0.15) is 0 Å². The molecule has 98 valence electrons. The van der Waals surface area contributed by atoms with Gasteiger partial charge in [-0.15, -0.1) is 0 Å². The molecule has 0 aliphatic carbocycles. The minimum Gasteiger partial charge on any atom is -0.284 e. The fourth-order valence-electron chi connectivity index (χ4n) is 2.06. The Bertz CT molecular complexity index is 772. The second kappa shape index (κ2) is 5.01. The van der Waals surface area contributed by atoms with Gasteiger partial charge in [0, 0.05) is 35.9 Å². The molecule has 0 unspecified atom stereocenters. The third-order valence-corrected chi connectivity index (χ3v) is 3.05. The van der Waals surface area contributed by atoms with E-state index in [4.69, 9.17) is 0 Å². The molecule has 0 fully saturated rings. The third-order valence-electron chi connectivity index (χ3n) is 3.05. The average Bonchev–Trinajstić information content (AvgIpc) is 2.49. The first-order chi connectivity index (χ1) is 9.75. The molecule has 4 heteroatoms. The van der Waals surface area contributed by atoms with Gasteiger partial charge >= 0.3 is 0 Å². The summed E-state index contributed by atoms with van der Waals surface area (Å²) in [5.41, 5.74) is 1.36. The van der Waals surface area contributed by atoms with Crippen molar-refractivity contribution in [1.82, 2.24) is 9.13 Å². The van der Waals surface area contributed by atoms with Crippen molar-refractivity contribution in [2.24, 2.45) is 0 Å². The summed E-state index contributed by atoms with van der Waals surface area (Å²) < 4.78 is 3.11. The van der Waals surface area contributed by atoms with Crippen molar-refractivity contribution in [2.45, 2.75) is 0 Å². The zero-order chi connectivity index (χ0) is 13.9. The Morgan fingerprint density at radius 3 is 1.30 bits per heavy atom. The van der Waals surface area contributed by atoms with E-state index in [2.05, 4.69) is 0 Å². The number of aromatic nitrogens is 2. The van der Waals surface area contributed by atoms with Crippen molar-refractivity contribution < 1.29 is 0 Å². The molecular weight excluding hydrogens is 252 g/mol. The van der Waals surface area contributed by atoms with Crippen LogP contribution in [0.2, 0.25) is 0 Å². The molecule has 0 aliphatic rings. The summed E-state index contributed by atoms with van der Waals surface area (Å²) in [7, 11) is 0. The first-order valence-corrected chi connectivity index (χ1v) is 6.22. The molecule has 0 amide bonds. The topological polar surface area (TPSA) is 44.0 Å². The number of benzene rings is 1. The molecule has 1 aromatic carbocycles. The van der Waals surface area contributed by atoms with Gasteiger partial charge in [-0.25, -0.2) is 0 Å². The van der Waals surface area contributed by atoms with Gasteiger partial charge in [-0.1, -0.05) is 12.1 Å². The molecule has 2 heterocycles. The van der Waals surface area contributed by atoms with Gasteiger partial charge in [-0.05, 0) is 36.4 Å². The third kappa shape index (κ3) is 2.19. The number of rotatable bonds is 2. The van der Waals surface area contributed by atoms with Gasteiger partial charge in [0.05, 0.1) is 0 Å². The summed E-state index contributed by atoms with van der Waals surface area (Å²) in [6, 6.07) is 17.3. The lowest BCUT2D eigenvalue weighted by Gasteiger charge is -2.08. The maximum absolute atomic E-state index is 11.7. The largest absolute Gasteiger partial charge is 0.284 e. The molecule has 0 aliphatic heterocycles. The van der Waals surface area contributed by atoms with Crippen molar-refractivity contribution in [3.05, 3.63) is 93.8 Å². The van der Waals surface area contributed by atoms with Crippen molar-refractivity contribution >= 4 is 0 Å². The van der Waals surface area contributed by atoms with Gasteiger partial charge < -0.3 is 0 Å². The van der Waals surface area contributed by atoms with E-state index in [9.17, 15) is 9.59 Å². The minimum atomic E-state index is -0.0860. The Kier molecular flexibility index (Phi) is 3.05. The number of pyridine rings is 2. The summed E-state index contributed by atoms with van der Waals surface area (Å²) in [6.45, 7) is 0. The molecule has 4 nitrogen and oxygen atoms in total. The van der Waals surface area contributed by atoms with Gasteiger partial charge in [-0.3, -0.25) is 18.7 Å². The zero-order valence-electron chi connectivity index (χ0n) is 10.6. The molecular formula is C16H12N2O2. The van der Waals surface area contributed by atoms with Crippen LogP contribution in [-0.4, -0.2) is 9.13 Å². The quantitative estimate of drug-likeness (QED) is 0.710. The first kappa shape index (κ1) is 12.2. The summed E-state index contributed by atoms with van der Waals surface area (Å²) in [5, 5.41) is 0. The molecule has 2 aromatic heterocycles. The molecule has 0 saturated carbocycles. The number of hydrogen-bond donors (Lipinski definition) is 0. The van der Waals surface area contributed by atoms with E-state index in [0.29, 0.717) is 0 Å². The molecule has 0 saturated heterocycles. The summed E-state index contributed by atoms with van der Waals surface area (Å²) >= 11 is 0. The number of hydrogen-bond acceptors (Lipinski definition) is 2. The fourth-order valence-corrected chi connectivity index (χ4v) is 2.06. The van der Waals surface area contributed by atoms with E-state index in [1.165, 1.54) is 12.1 Å². The Labute approximate surface area is 115 Å². The van der Waals surface area contributed by atoms with Crippen LogP contribution in [0.15, 0.2) is 82.6 Å². The summed E-state index contributed by atoms with van der Waals surface area (Å²) in [4.78, 5) is 23.5. The van der Waals surface area contributed by atoms with Crippen LogP contribution in [-0.2, 0) is 0 Å². The first-order valence-electron chi connectivity index (χ1n) is 6.22.